The highest BCUT2D eigenvalue weighted by Crippen LogP contribution is 2.45. The van der Waals surface area contributed by atoms with Crippen molar-refractivity contribution < 1.29 is 31.1 Å². The summed E-state index contributed by atoms with van der Waals surface area (Å²) in [5.74, 6) is 0.852. The number of anilines is 2. The fourth-order valence-corrected chi connectivity index (χ4v) is 3.45. The molecule has 0 radical (unpaired) electrons. The van der Waals surface area contributed by atoms with Crippen molar-refractivity contribution in [3.8, 4) is 5.88 Å². The first-order chi connectivity index (χ1) is 14.0. The lowest BCUT2D eigenvalue weighted by molar-refractivity contribution is -0.142. The average Bonchev–Trinajstić information content (AvgIpc) is 3.07. The molecule has 164 valence electrons. The Morgan fingerprint density at radius 1 is 1.03 bits per heavy atom. The highest BCUT2D eigenvalue weighted by Gasteiger charge is 2.41. The van der Waals surface area contributed by atoms with E-state index in [1.54, 1.807) is 6.92 Å². The van der Waals surface area contributed by atoms with Crippen molar-refractivity contribution in [2.75, 3.05) is 11.4 Å². The number of aromatic nitrogens is 2. The van der Waals surface area contributed by atoms with Gasteiger partial charge in [0.2, 0.25) is 5.88 Å². The van der Waals surface area contributed by atoms with Gasteiger partial charge in [0.15, 0.2) is 0 Å². The van der Waals surface area contributed by atoms with Gasteiger partial charge < -0.3 is 9.64 Å². The first-order valence-corrected chi connectivity index (χ1v) is 9.55. The number of benzene rings is 1. The van der Waals surface area contributed by atoms with Gasteiger partial charge in [-0.05, 0) is 44.4 Å². The minimum absolute atomic E-state index is 0.103. The number of halogens is 6. The minimum atomic E-state index is -4.96. The van der Waals surface area contributed by atoms with Crippen LogP contribution >= 0.6 is 0 Å². The van der Waals surface area contributed by atoms with Crippen molar-refractivity contribution in [1.82, 2.24) is 9.97 Å². The molecule has 10 heteroatoms. The van der Waals surface area contributed by atoms with Gasteiger partial charge >= 0.3 is 12.4 Å². The van der Waals surface area contributed by atoms with Gasteiger partial charge in [0, 0.05) is 6.54 Å². The molecule has 2 heterocycles. The summed E-state index contributed by atoms with van der Waals surface area (Å²) in [5.41, 5.74) is -2.53. The Labute approximate surface area is 169 Å². The summed E-state index contributed by atoms with van der Waals surface area (Å²) in [6.45, 7) is 5.62. The number of rotatable bonds is 5. The van der Waals surface area contributed by atoms with E-state index >= 15 is 0 Å². The molecule has 0 amide bonds. The van der Waals surface area contributed by atoms with E-state index in [0.29, 0.717) is 29.8 Å². The van der Waals surface area contributed by atoms with Gasteiger partial charge in [0.25, 0.3) is 0 Å². The summed E-state index contributed by atoms with van der Waals surface area (Å²) in [5, 5.41) is 0. The Morgan fingerprint density at radius 2 is 1.70 bits per heavy atom. The summed E-state index contributed by atoms with van der Waals surface area (Å²) in [7, 11) is 0. The highest BCUT2D eigenvalue weighted by molar-refractivity contribution is 5.71. The van der Waals surface area contributed by atoms with Crippen molar-refractivity contribution in [2.45, 2.75) is 58.5 Å². The van der Waals surface area contributed by atoms with E-state index in [4.69, 9.17) is 4.74 Å². The van der Waals surface area contributed by atoms with Crippen LogP contribution in [0.4, 0.5) is 37.8 Å². The van der Waals surface area contributed by atoms with Crippen LogP contribution in [0.5, 0.6) is 5.88 Å². The number of fused-ring (bicyclic) bond motifs is 1. The van der Waals surface area contributed by atoms with Crippen LogP contribution in [-0.2, 0) is 18.8 Å². The molecule has 1 aromatic carbocycles. The number of aryl methyl sites for hydroxylation is 1. The second-order valence-electron chi connectivity index (χ2n) is 7.06. The maximum absolute atomic E-state index is 13.6. The first-order valence-electron chi connectivity index (χ1n) is 9.55. The second kappa shape index (κ2) is 7.96. The highest BCUT2D eigenvalue weighted by atomic mass is 19.4. The largest absolute Gasteiger partial charge is 0.474 e. The van der Waals surface area contributed by atoms with E-state index in [0.717, 1.165) is 18.9 Å². The molecule has 0 aliphatic carbocycles. The van der Waals surface area contributed by atoms with Crippen LogP contribution in [0.1, 0.15) is 49.2 Å². The van der Waals surface area contributed by atoms with Crippen molar-refractivity contribution >= 4 is 11.5 Å². The Kier molecular flexibility index (Phi) is 5.88. The monoisotopic (exact) mass is 433 g/mol. The third-order valence-corrected chi connectivity index (χ3v) is 5.01. The summed E-state index contributed by atoms with van der Waals surface area (Å²) in [4.78, 5) is 9.85. The number of nitrogens with zero attached hydrogens (tertiary/aromatic N) is 3. The molecular formula is C20H21F6N3O. The molecule has 0 spiro atoms. The Morgan fingerprint density at radius 3 is 2.27 bits per heavy atom. The maximum atomic E-state index is 13.6. The predicted molar refractivity (Wildman–Crippen MR) is 98.9 cm³/mol. The van der Waals surface area contributed by atoms with Crippen molar-refractivity contribution in [2.24, 2.45) is 0 Å². The number of ether oxygens (including phenoxy) is 1. The van der Waals surface area contributed by atoms with Gasteiger partial charge in [-0.2, -0.15) is 31.3 Å². The topological polar surface area (TPSA) is 38.3 Å². The van der Waals surface area contributed by atoms with Crippen molar-refractivity contribution in [1.29, 1.82) is 0 Å². The van der Waals surface area contributed by atoms with Gasteiger partial charge in [-0.15, -0.1) is 0 Å². The zero-order valence-electron chi connectivity index (χ0n) is 16.7. The van der Waals surface area contributed by atoms with Gasteiger partial charge in [-0.1, -0.05) is 13.8 Å². The average molecular weight is 433 g/mol. The lowest BCUT2D eigenvalue weighted by atomic mass is 10.1. The van der Waals surface area contributed by atoms with Gasteiger partial charge in [-0.25, -0.2) is 4.98 Å². The zero-order valence-corrected chi connectivity index (χ0v) is 16.7. The van der Waals surface area contributed by atoms with Gasteiger partial charge in [0.05, 0.1) is 28.5 Å². The molecule has 1 aromatic heterocycles. The molecule has 0 saturated heterocycles. The standard InChI is InChI=1S/C20H21F6N3O/c1-4-13(5-2)30-18-14-8-9-29(17(14)27-11(3)28-18)16-7-6-12(19(21,22)23)10-15(16)20(24,25)26/h6-7,10,13H,4-5,8-9H2,1-3H3. The molecule has 3 rings (SSSR count). The van der Waals surface area contributed by atoms with Crippen molar-refractivity contribution in [3.63, 3.8) is 0 Å². The maximum Gasteiger partial charge on any atom is 0.418 e. The van der Waals surface area contributed by atoms with E-state index in [1.165, 1.54) is 4.90 Å². The number of hydrogen-bond donors (Lipinski definition) is 0. The van der Waals surface area contributed by atoms with Crippen LogP contribution in [0.2, 0.25) is 0 Å². The van der Waals surface area contributed by atoms with Crippen molar-refractivity contribution in [3.05, 3.63) is 40.7 Å². The smallest absolute Gasteiger partial charge is 0.418 e. The SMILES string of the molecule is CCC(CC)Oc1nc(C)nc2c1CCN2c1ccc(C(F)(F)F)cc1C(F)(F)F. The molecule has 4 nitrogen and oxygen atoms in total. The van der Waals surface area contributed by atoms with Gasteiger partial charge in [-0.3, -0.25) is 0 Å². The Bertz CT molecular complexity index is 922. The molecule has 0 fully saturated rings. The Balaban J connectivity index is 2.10. The Hall–Kier alpha value is -2.52. The van der Waals surface area contributed by atoms with Crippen LogP contribution in [0.3, 0.4) is 0 Å². The van der Waals surface area contributed by atoms with E-state index < -0.39 is 23.5 Å². The predicted octanol–water partition coefficient (Wildman–Crippen LogP) is 6.08. The molecule has 0 N–H and O–H groups in total. The second-order valence-corrected chi connectivity index (χ2v) is 7.06. The first kappa shape index (κ1) is 22.2. The quantitative estimate of drug-likeness (QED) is 0.536. The minimum Gasteiger partial charge on any atom is -0.474 e. The van der Waals surface area contributed by atoms with E-state index in [2.05, 4.69) is 9.97 Å². The molecule has 2 aromatic rings. The van der Waals surface area contributed by atoms with Crippen LogP contribution in [-0.4, -0.2) is 22.6 Å². The van der Waals surface area contributed by atoms with E-state index in [1.807, 2.05) is 13.8 Å². The zero-order chi connectivity index (χ0) is 22.3. The molecular weight excluding hydrogens is 412 g/mol. The van der Waals surface area contributed by atoms with Gasteiger partial charge in [0.1, 0.15) is 11.6 Å². The fourth-order valence-electron chi connectivity index (χ4n) is 3.45. The number of hydrogen-bond acceptors (Lipinski definition) is 4. The molecule has 0 saturated carbocycles. The lowest BCUT2D eigenvalue weighted by Crippen LogP contribution is -2.21. The summed E-state index contributed by atoms with van der Waals surface area (Å²) in [6, 6.07) is 1.64. The number of alkyl halides is 6. The summed E-state index contributed by atoms with van der Waals surface area (Å²) >= 11 is 0. The van der Waals surface area contributed by atoms with Crippen LogP contribution < -0.4 is 9.64 Å². The molecule has 0 unspecified atom stereocenters. The fraction of sp³-hybridized carbons (Fsp3) is 0.500. The molecule has 30 heavy (non-hydrogen) atoms. The van der Waals surface area contributed by atoms with E-state index in [9.17, 15) is 26.3 Å². The molecule has 1 aliphatic rings. The normalized spacial score (nSPS) is 14.4. The third-order valence-electron chi connectivity index (χ3n) is 5.01. The summed E-state index contributed by atoms with van der Waals surface area (Å²) in [6.07, 6.45) is -8.16. The summed E-state index contributed by atoms with van der Waals surface area (Å²) < 4.78 is 85.7. The molecule has 0 bridgehead atoms. The third kappa shape index (κ3) is 4.32. The lowest BCUT2D eigenvalue weighted by Gasteiger charge is -2.24. The molecule has 0 atom stereocenters. The van der Waals surface area contributed by atoms with E-state index in [-0.39, 0.29) is 30.2 Å². The van der Waals surface area contributed by atoms with Crippen LogP contribution in [0.15, 0.2) is 18.2 Å². The molecule has 1 aliphatic heterocycles. The van der Waals surface area contributed by atoms with Crippen LogP contribution in [0.25, 0.3) is 0 Å². The van der Waals surface area contributed by atoms with Crippen LogP contribution in [0, 0.1) is 6.92 Å².